The predicted octanol–water partition coefficient (Wildman–Crippen LogP) is 1.00. The van der Waals surface area contributed by atoms with Crippen LogP contribution in [0.15, 0.2) is 29.1 Å². The molecule has 20 heavy (non-hydrogen) atoms. The average Bonchev–Trinajstić information content (AvgIpc) is 2.43. The van der Waals surface area contributed by atoms with E-state index in [9.17, 15) is 14.4 Å². The van der Waals surface area contributed by atoms with E-state index in [0.717, 1.165) is 4.68 Å². The van der Waals surface area contributed by atoms with Crippen molar-refractivity contribution >= 4 is 22.5 Å². The molecule has 1 heterocycles. The molecule has 0 fully saturated rings. The molecule has 1 N–H and O–H groups in total. The first-order valence-electron chi connectivity index (χ1n) is 6.25. The number of rotatable bonds is 5. The van der Waals surface area contributed by atoms with Gasteiger partial charge in [0.15, 0.2) is 5.78 Å². The zero-order valence-electron chi connectivity index (χ0n) is 11.0. The second-order valence-corrected chi connectivity index (χ2v) is 4.42. The van der Waals surface area contributed by atoms with Gasteiger partial charge in [0.25, 0.3) is 5.56 Å². The highest BCUT2D eigenvalue weighted by Crippen LogP contribution is 2.13. The Morgan fingerprint density at radius 2 is 1.90 bits per heavy atom. The Balaban J connectivity index is 2.64. The van der Waals surface area contributed by atoms with Crippen LogP contribution in [0.1, 0.15) is 19.0 Å². The number of carboxylic acids is 1. The maximum Gasteiger partial charge on any atom is 0.309 e. The third kappa shape index (κ3) is 2.74. The van der Waals surface area contributed by atoms with Gasteiger partial charge in [0.05, 0.1) is 17.5 Å². The van der Waals surface area contributed by atoms with Crippen molar-refractivity contribution in [1.29, 1.82) is 0 Å². The van der Waals surface area contributed by atoms with Crippen LogP contribution >= 0.6 is 0 Å². The first-order valence-corrected chi connectivity index (χ1v) is 6.25. The lowest BCUT2D eigenvalue weighted by atomic mass is 10.1. The summed E-state index contributed by atoms with van der Waals surface area (Å²) >= 11 is 0. The summed E-state index contributed by atoms with van der Waals surface area (Å²) in [7, 11) is 0. The normalized spacial score (nSPS) is 10.7. The third-order valence-corrected chi connectivity index (χ3v) is 2.98. The number of Topliss-reactive ketones (excluding diaryl/α,β-unsaturated/α-hetero) is 1. The van der Waals surface area contributed by atoms with Gasteiger partial charge in [0.1, 0.15) is 6.54 Å². The van der Waals surface area contributed by atoms with Gasteiger partial charge in [-0.15, -0.1) is 0 Å². The zero-order valence-corrected chi connectivity index (χ0v) is 11.0. The quantitative estimate of drug-likeness (QED) is 0.878. The van der Waals surface area contributed by atoms with E-state index >= 15 is 0 Å². The van der Waals surface area contributed by atoms with Gasteiger partial charge < -0.3 is 5.11 Å². The Labute approximate surface area is 114 Å². The van der Waals surface area contributed by atoms with Crippen LogP contribution in [0, 0.1) is 0 Å². The predicted molar refractivity (Wildman–Crippen MR) is 72.6 cm³/mol. The zero-order chi connectivity index (χ0) is 14.7. The standard InChI is InChI=1S/C14H14N2O4/c1-2-9(17)8-16-14(20)11-6-4-3-5-10(11)12(15-16)7-13(18)19/h3-6H,2,7-8H2,1H3,(H,18,19). The van der Waals surface area contributed by atoms with Gasteiger partial charge in [-0.1, -0.05) is 25.1 Å². The van der Waals surface area contributed by atoms with Crippen LogP contribution in [0.5, 0.6) is 0 Å². The topological polar surface area (TPSA) is 89.3 Å². The van der Waals surface area contributed by atoms with Gasteiger partial charge in [-0.3, -0.25) is 14.4 Å². The van der Waals surface area contributed by atoms with Crippen molar-refractivity contribution in [3.63, 3.8) is 0 Å². The fourth-order valence-corrected chi connectivity index (χ4v) is 1.97. The summed E-state index contributed by atoms with van der Waals surface area (Å²) in [5, 5.41) is 13.8. The molecule has 0 aliphatic carbocycles. The van der Waals surface area contributed by atoms with Gasteiger partial charge in [-0.2, -0.15) is 5.10 Å². The molecule has 0 saturated heterocycles. The molecule has 0 bridgehead atoms. The van der Waals surface area contributed by atoms with Crippen molar-refractivity contribution < 1.29 is 14.7 Å². The number of fused-ring (bicyclic) bond motifs is 1. The molecule has 0 saturated carbocycles. The minimum atomic E-state index is -1.03. The average molecular weight is 274 g/mol. The summed E-state index contributed by atoms with van der Waals surface area (Å²) in [6, 6.07) is 6.68. The summed E-state index contributed by atoms with van der Waals surface area (Å²) < 4.78 is 1.05. The van der Waals surface area contributed by atoms with E-state index in [1.165, 1.54) is 0 Å². The molecule has 2 rings (SSSR count). The molecule has 0 radical (unpaired) electrons. The lowest BCUT2D eigenvalue weighted by Gasteiger charge is -2.09. The Hall–Kier alpha value is -2.50. The first-order chi connectivity index (χ1) is 9.52. The van der Waals surface area contributed by atoms with E-state index in [4.69, 9.17) is 5.11 Å². The van der Waals surface area contributed by atoms with Crippen molar-refractivity contribution in [2.75, 3.05) is 0 Å². The molecule has 6 nitrogen and oxygen atoms in total. The summed E-state index contributed by atoms with van der Waals surface area (Å²) in [5.41, 5.74) is -0.0897. The molecule has 0 aliphatic rings. The minimum Gasteiger partial charge on any atom is -0.481 e. The largest absolute Gasteiger partial charge is 0.481 e. The highest BCUT2D eigenvalue weighted by atomic mass is 16.4. The highest BCUT2D eigenvalue weighted by molar-refractivity contribution is 5.87. The summed E-state index contributed by atoms with van der Waals surface area (Å²) in [6.45, 7) is 1.57. The first kappa shape index (κ1) is 13.9. The van der Waals surface area contributed by atoms with Crippen LogP contribution < -0.4 is 5.56 Å². The maximum atomic E-state index is 12.2. The van der Waals surface area contributed by atoms with E-state index in [2.05, 4.69) is 5.10 Å². The van der Waals surface area contributed by atoms with Crippen LogP contribution in [0.4, 0.5) is 0 Å². The number of carboxylic acid groups (broad SMARTS) is 1. The van der Waals surface area contributed by atoms with Crippen molar-refractivity contribution in [2.24, 2.45) is 0 Å². The smallest absolute Gasteiger partial charge is 0.309 e. The number of aliphatic carboxylic acids is 1. The van der Waals surface area contributed by atoms with Crippen molar-refractivity contribution in [2.45, 2.75) is 26.3 Å². The molecule has 0 amide bonds. The number of benzene rings is 1. The number of ketones is 1. The molecule has 0 atom stereocenters. The minimum absolute atomic E-state index is 0.129. The second kappa shape index (κ2) is 5.64. The summed E-state index contributed by atoms with van der Waals surface area (Å²) in [6.07, 6.45) is 0.0102. The monoisotopic (exact) mass is 274 g/mol. The molecule has 6 heteroatoms. The van der Waals surface area contributed by atoms with Crippen molar-refractivity contribution in [1.82, 2.24) is 9.78 Å². The molecule has 1 aromatic carbocycles. The second-order valence-electron chi connectivity index (χ2n) is 4.42. The number of carbonyl (C=O) groups is 2. The summed E-state index contributed by atoms with van der Waals surface area (Å²) in [4.78, 5) is 34.6. The Bertz CT molecular complexity index is 734. The summed E-state index contributed by atoms with van der Waals surface area (Å²) in [5.74, 6) is -1.16. The Kier molecular flexibility index (Phi) is 3.93. The molecular formula is C14H14N2O4. The van der Waals surface area contributed by atoms with E-state index in [1.807, 2.05) is 0 Å². The van der Waals surface area contributed by atoms with E-state index in [1.54, 1.807) is 31.2 Å². The Morgan fingerprint density at radius 1 is 1.25 bits per heavy atom. The number of aromatic nitrogens is 2. The van der Waals surface area contributed by atoms with Crippen LogP contribution in [0.25, 0.3) is 10.8 Å². The molecule has 2 aromatic rings. The fourth-order valence-electron chi connectivity index (χ4n) is 1.97. The molecule has 1 aromatic heterocycles. The van der Waals surface area contributed by atoms with Gasteiger partial charge in [0, 0.05) is 11.8 Å². The Morgan fingerprint density at radius 3 is 2.50 bits per heavy atom. The number of hydrogen-bond acceptors (Lipinski definition) is 4. The SMILES string of the molecule is CCC(=O)Cn1nc(CC(=O)O)c2ccccc2c1=O. The van der Waals surface area contributed by atoms with E-state index in [0.29, 0.717) is 17.2 Å². The van der Waals surface area contributed by atoms with E-state index in [-0.39, 0.29) is 30.0 Å². The van der Waals surface area contributed by atoms with Crippen LogP contribution in [0.3, 0.4) is 0 Å². The maximum absolute atomic E-state index is 12.2. The number of hydrogen-bond donors (Lipinski definition) is 1. The third-order valence-electron chi connectivity index (χ3n) is 2.98. The van der Waals surface area contributed by atoms with Gasteiger partial charge in [-0.05, 0) is 6.07 Å². The molecule has 0 aliphatic heterocycles. The van der Waals surface area contributed by atoms with Crippen molar-refractivity contribution in [3.05, 3.63) is 40.3 Å². The molecule has 0 unspecified atom stereocenters. The molecule has 104 valence electrons. The van der Waals surface area contributed by atoms with Crippen LogP contribution in [0.2, 0.25) is 0 Å². The molecular weight excluding hydrogens is 260 g/mol. The number of nitrogens with zero attached hydrogens (tertiary/aromatic N) is 2. The van der Waals surface area contributed by atoms with Gasteiger partial charge >= 0.3 is 5.97 Å². The lowest BCUT2D eigenvalue weighted by molar-refractivity contribution is -0.136. The van der Waals surface area contributed by atoms with Crippen molar-refractivity contribution in [3.8, 4) is 0 Å². The number of carbonyl (C=O) groups excluding carboxylic acids is 1. The van der Waals surface area contributed by atoms with Crippen LogP contribution in [-0.4, -0.2) is 26.6 Å². The lowest BCUT2D eigenvalue weighted by Crippen LogP contribution is -2.28. The van der Waals surface area contributed by atoms with Gasteiger partial charge in [-0.25, -0.2) is 4.68 Å². The molecule has 0 spiro atoms. The fraction of sp³-hybridized carbons (Fsp3) is 0.286. The van der Waals surface area contributed by atoms with E-state index < -0.39 is 5.97 Å². The van der Waals surface area contributed by atoms with Gasteiger partial charge in [0.2, 0.25) is 0 Å². The highest BCUT2D eigenvalue weighted by Gasteiger charge is 2.14. The van der Waals surface area contributed by atoms with Crippen LogP contribution in [-0.2, 0) is 22.6 Å².